The zero-order valence-corrected chi connectivity index (χ0v) is 23.1. The van der Waals surface area contributed by atoms with Gasteiger partial charge in [0.1, 0.15) is 0 Å². The summed E-state index contributed by atoms with van der Waals surface area (Å²) in [5.74, 6) is 0. The summed E-state index contributed by atoms with van der Waals surface area (Å²) in [5, 5.41) is 2.64. The van der Waals surface area contributed by atoms with Crippen molar-refractivity contribution in [3.8, 4) is 11.1 Å². The van der Waals surface area contributed by atoms with Gasteiger partial charge in [0.05, 0.1) is 0 Å². The molecule has 0 unspecified atom stereocenters. The molecule has 0 saturated carbocycles. The van der Waals surface area contributed by atoms with Crippen molar-refractivity contribution < 1.29 is 0 Å². The Morgan fingerprint density at radius 2 is 1.22 bits per heavy atom. The minimum atomic E-state index is -2.36. The van der Waals surface area contributed by atoms with Crippen molar-refractivity contribution in [1.82, 2.24) is 4.98 Å². The zero-order valence-electron chi connectivity index (χ0n) is 20.2. The van der Waals surface area contributed by atoms with E-state index in [4.69, 9.17) is 0 Å². The van der Waals surface area contributed by atoms with Gasteiger partial charge in [0.25, 0.3) is 0 Å². The van der Waals surface area contributed by atoms with Gasteiger partial charge in [-0.3, -0.25) is 0 Å². The average Bonchev–Trinajstić information content (AvgIpc) is 3.23. The van der Waals surface area contributed by atoms with Crippen LogP contribution in [0.25, 0.3) is 32.9 Å². The number of hydrogen-bond donors (Lipinski definition) is 1. The number of hydrogen-bond acceptors (Lipinski definition) is 0. The van der Waals surface area contributed by atoms with Gasteiger partial charge < -0.3 is 0 Å². The predicted octanol–water partition coefficient (Wildman–Crippen LogP) is 9.04. The van der Waals surface area contributed by atoms with Crippen molar-refractivity contribution >= 4 is 43.8 Å². The molecule has 0 atom stereocenters. The molecular weight excluding hydrogens is 493 g/mol. The summed E-state index contributed by atoms with van der Waals surface area (Å²) in [5.41, 5.74) is 5.15. The summed E-state index contributed by atoms with van der Waals surface area (Å²) >= 11 is -2.36. The van der Waals surface area contributed by atoms with Crippen LogP contribution < -0.4 is 3.58 Å². The fraction of sp³-hybridized carbons (Fsp3) is 0.400. The van der Waals surface area contributed by atoms with Gasteiger partial charge in [-0.25, -0.2) is 0 Å². The van der Waals surface area contributed by atoms with Crippen molar-refractivity contribution in [2.24, 2.45) is 0 Å². The van der Waals surface area contributed by atoms with Gasteiger partial charge in [-0.1, -0.05) is 0 Å². The van der Waals surface area contributed by atoms with Crippen molar-refractivity contribution in [3.05, 3.63) is 66.7 Å². The first-order valence-corrected chi connectivity index (χ1v) is 20.3. The third-order valence-corrected chi connectivity index (χ3v) is 23.0. The number of unbranched alkanes of at least 4 members (excludes halogenated alkanes) is 3. The van der Waals surface area contributed by atoms with E-state index in [1.807, 2.05) is 0 Å². The van der Waals surface area contributed by atoms with Crippen LogP contribution in [0.5, 0.6) is 0 Å². The van der Waals surface area contributed by atoms with E-state index in [0.717, 1.165) is 0 Å². The van der Waals surface area contributed by atoms with Crippen molar-refractivity contribution in [1.29, 1.82) is 0 Å². The van der Waals surface area contributed by atoms with Crippen LogP contribution in [-0.4, -0.2) is 23.4 Å². The Hall–Kier alpha value is -1.74. The molecule has 0 aliphatic rings. The molecule has 0 fully saturated rings. The number of H-pyrrole nitrogens is 1. The van der Waals surface area contributed by atoms with Crippen molar-refractivity contribution in [2.45, 2.75) is 72.6 Å². The number of benzene rings is 3. The number of aromatic nitrogens is 1. The normalized spacial score (nSPS) is 12.1. The summed E-state index contributed by atoms with van der Waals surface area (Å²) in [6.45, 7) is 7.08. The third-order valence-electron chi connectivity index (χ3n) is 7.38. The van der Waals surface area contributed by atoms with Gasteiger partial charge in [-0.15, -0.1) is 0 Å². The summed E-state index contributed by atoms with van der Waals surface area (Å²) in [6, 6.07) is 25.3. The number of nitrogens with one attached hydrogen (secondary N) is 1. The van der Waals surface area contributed by atoms with Crippen LogP contribution >= 0.6 is 0 Å². The molecule has 1 nitrogen and oxygen atoms in total. The maximum absolute atomic E-state index is 3.69. The van der Waals surface area contributed by atoms with Crippen LogP contribution in [-0.2, 0) is 0 Å². The number of rotatable bonds is 11. The van der Waals surface area contributed by atoms with Crippen LogP contribution in [0.4, 0.5) is 0 Å². The SMILES string of the molecule is CCC[CH2][Sn]([CH2]CCC)([CH2]CCC)[c]1ccc(-c2cccc3c2[nH]c2ccccc23)cc1. The molecule has 1 aromatic heterocycles. The van der Waals surface area contributed by atoms with Gasteiger partial charge in [0.2, 0.25) is 0 Å². The molecule has 0 saturated heterocycles. The fourth-order valence-corrected chi connectivity index (χ4v) is 21.4. The summed E-state index contributed by atoms with van der Waals surface area (Å²) in [6.07, 6.45) is 8.24. The minimum absolute atomic E-state index is 1.22. The number of fused-ring (bicyclic) bond motifs is 3. The first-order valence-electron chi connectivity index (χ1n) is 12.8. The van der Waals surface area contributed by atoms with E-state index in [2.05, 4.69) is 92.5 Å². The first-order chi connectivity index (χ1) is 15.7. The maximum atomic E-state index is 3.69. The fourth-order valence-electron chi connectivity index (χ4n) is 5.47. The van der Waals surface area contributed by atoms with Crippen LogP contribution in [0.15, 0.2) is 66.7 Å². The Morgan fingerprint density at radius 1 is 0.625 bits per heavy atom. The number of para-hydroxylation sites is 2. The van der Waals surface area contributed by atoms with E-state index in [0.29, 0.717) is 0 Å². The Kier molecular flexibility index (Phi) is 7.99. The second kappa shape index (κ2) is 10.9. The Morgan fingerprint density at radius 3 is 1.84 bits per heavy atom. The van der Waals surface area contributed by atoms with Gasteiger partial charge in [-0.05, 0) is 0 Å². The van der Waals surface area contributed by atoms with E-state index in [-0.39, 0.29) is 0 Å². The van der Waals surface area contributed by atoms with Gasteiger partial charge in [0.15, 0.2) is 0 Å². The molecule has 1 N–H and O–H groups in total. The third kappa shape index (κ3) is 4.78. The molecule has 0 spiro atoms. The molecule has 3 aromatic carbocycles. The zero-order chi connectivity index (χ0) is 22.4. The molecule has 168 valence electrons. The second-order valence-corrected chi connectivity index (χ2v) is 22.8. The van der Waals surface area contributed by atoms with Gasteiger partial charge >= 0.3 is 199 Å². The van der Waals surface area contributed by atoms with E-state index in [1.165, 1.54) is 84.8 Å². The van der Waals surface area contributed by atoms with Crippen molar-refractivity contribution in [2.75, 3.05) is 0 Å². The van der Waals surface area contributed by atoms with E-state index in [1.54, 1.807) is 3.58 Å². The molecule has 1 heterocycles. The second-order valence-electron chi connectivity index (χ2n) is 9.57. The summed E-state index contributed by atoms with van der Waals surface area (Å²) < 4.78 is 6.36. The molecular formula is C30H39NSn. The summed E-state index contributed by atoms with van der Waals surface area (Å²) in [4.78, 5) is 3.69. The monoisotopic (exact) mass is 533 g/mol. The molecule has 32 heavy (non-hydrogen) atoms. The molecule has 4 aromatic rings. The summed E-state index contributed by atoms with van der Waals surface area (Å²) in [7, 11) is 0. The molecule has 0 bridgehead atoms. The van der Waals surface area contributed by atoms with Gasteiger partial charge in [0, 0.05) is 0 Å². The quantitative estimate of drug-likeness (QED) is 0.186. The van der Waals surface area contributed by atoms with Crippen LogP contribution in [0.3, 0.4) is 0 Å². The predicted molar refractivity (Wildman–Crippen MR) is 146 cm³/mol. The van der Waals surface area contributed by atoms with E-state index in [9.17, 15) is 0 Å². The Labute approximate surface area is 198 Å². The Balaban J connectivity index is 1.73. The van der Waals surface area contributed by atoms with Crippen molar-refractivity contribution in [3.63, 3.8) is 0 Å². The topological polar surface area (TPSA) is 15.8 Å². The average molecular weight is 532 g/mol. The van der Waals surface area contributed by atoms with E-state index < -0.39 is 18.4 Å². The van der Waals surface area contributed by atoms with Crippen LogP contribution in [0.2, 0.25) is 13.3 Å². The number of aromatic amines is 1. The molecule has 2 heteroatoms. The molecule has 0 aliphatic heterocycles. The van der Waals surface area contributed by atoms with Crippen LogP contribution in [0, 0.1) is 0 Å². The van der Waals surface area contributed by atoms with E-state index >= 15 is 0 Å². The molecule has 0 radical (unpaired) electrons. The van der Waals surface area contributed by atoms with Crippen LogP contribution in [0.1, 0.15) is 59.3 Å². The first kappa shape index (κ1) is 23.4. The Bertz CT molecular complexity index is 1120. The molecule has 0 aliphatic carbocycles. The van der Waals surface area contributed by atoms with Gasteiger partial charge in [-0.2, -0.15) is 0 Å². The standard InChI is InChI=1S/C18H12N.3C4H9.Sn/c1-2-7-13(8-3-1)14-10-6-11-16-15-9-4-5-12-17(15)19-18(14)16;3*1-3-4-2;/h2-12,19H;3*1,3-4H2,2H3;. The molecule has 0 amide bonds. The molecule has 4 rings (SSSR count).